The molecule has 3 atom stereocenters. The van der Waals surface area contributed by atoms with Gasteiger partial charge in [-0.1, -0.05) is 6.07 Å². The molecule has 2 saturated heterocycles. The third kappa shape index (κ3) is 7.52. The number of rotatable bonds is 10. The minimum atomic E-state index is -5.80. The Morgan fingerprint density at radius 3 is 2.46 bits per heavy atom. The van der Waals surface area contributed by atoms with E-state index in [0.717, 1.165) is 23.5 Å². The van der Waals surface area contributed by atoms with Crippen LogP contribution in [0.5, 0.6) is 5.75 Å². The van der Waals surface area contributed by atoms with Crippen molar-refractivity contribution >= 4 is 58.3 Å². The number of fused-ring (bicyclic) bond motifs is 2. The second kappa shape index (κ2) is 14.3. The maximum Gasteiger partial charge on any atom is 0.399 e. The lowest BCUT2D eigenvalue weighted by Crippen LogP contribution is -2.60. The number of carbonyl (C=O) groups is 4. The number of methoxy groups -OCH3 is 1. The van der Waals surface area contributed by atoms with Gasteiger partial charge in [-0.05, 0) is 67.1 Å². The van der Waals surface area contributed by atoms with Crippen LogP contribution in [0.4, 0.5) is 14.5 Å². The molecular formula is C31H35F2N4O9PS. The fourth-order valence-electron chi connectivity index (χ4n) is 5.87. The molecule has 4 amide bonds. The molecule has 1 unspecified atom stereocenters. The van der Waals surface area contributed by atoms with Crippen LogP contribution in [-0.4, -0.2) is 94.8 Å². The number of amides is 4. The minimum absolute atomic E-state index is 0.0489. The van der Waals surface area contributed by atoms with Crippen molar-refractivity contribution in [1.29, 1.82) is 0 Å². The highest BCUT2D eigenvalue weighted by Crippen LogP contribution is 2.59. The summed E-state index contributed by atoms with van der Waals surface area (Å²) in [4.78, 5) is 74.7. The second-order valence-electron chi connectivity index (χ2n) is 11.6. The molecule has 48 heavy (non-hydrogen) atoms. The molecular weight excluding hydrogens is 673 g/mol. The molecule has 258 valence electrons. The molecule has 0 aliphatic carbocycles. The fourth-order valence-corrected chi connectivity index (χ4v) is 7.29. The molecule has 2 aliphatic rings. The zero-order valence-electron chi connectivity index (χ0n) is 26.1. The van der Waals surface area contributed by atoms with Gasteiger partial charge in [0.2, 0.25) is 17.7 Å². The van der Waals surface area contributed by atoms with Gasteiger partial charge in [-0.2, -0.15) is 8.78 Å². The largest absolute Gasteiger partial charge is 0.491 e. The molecule has 0 bridgehead atoms. The normalized spacial score (nSPS) is 20.2. The van der Waals surface area contributed by atoms with Gasteiger partial charge in [0.25, 0.3) is 5.91 Å². The Hall–Kier alpha value is -3.95. The summed E-state index contributed by atoms with van der Waals surface area (Å²) in [5.74, 6) is -1.36. The van der Waals surface area contributed by atoms with Crippen molar-refractivity contribution in [3.05, 3.63) is 59.0 Å². The van der Waals surface area contributed by atoms with E-state index in [1.54, 1.807) is 31.4 Å². The first-order valence-corrected chi connectivity index (χ1v) is 17.5. The van der Waals surface area contributed by atoms with E-state index in [1.165, 1.54) is 28.9 Å². The monoisotopic (exact) mass is 708 g/mol. The first kappa shape index (κ1) is 35.4. The van der Waals surface area contributed by atoms with Crippen molar-refractivity contribution < 1.29 is 51.8 Å². The van der Waals surface area contributed by atoms with E-state index in [-0.39, 0.29) is 28.8 Å². The molecule has 0 saturated carbocycles. The van der Waals surface area contributed by atoms with E-state index in [0.29, 0.717) is 55.2 Å². The smallest absolute Gasteiger partial charge is 0.399 e. The van der Waals surface area contributed by atoms with E-state index in [1.807, 2.05) is 0 Å². The van der Waals surface area contributed by atoms with Gasteiger partial charge in [0.1, 0.15) is 24.4 Å². The summed E-state index contributed by atoms with van der Waals surface area (Å²) in [7, 11) is -4.24. The SMILES string of the molecule is COCCOc1ccc(NC(=O)[C@@H]2CC[C@@H]3CCN(C(C)=O)CC(NC(=O)c4cc5cc(C(F)(F)P(=O)(O)O)ccc5s4)C(=O)N32)cc1. The molecule has 3 heterocycles. The number of nitrogens with one attached hydrogen (secondary N) is 2. The van der Waals surface area contributed by atoms with Crippen molar-refractivity contribution in [2.24, 2.45) is 0 Å². The van der Waals surface area contributed by atoms with Gasteiger partial charge in [0.05, 0.1) is 11.5 Å². The fraction of sp³-hybridized carbons (Fsp3) is 0.419. The summed E-state index contributed by atoms with van der Waals surface area (Å²) >= 11 is 0.935. The van der Waals surface area contributed by atoms with Gasteiger partial charge in [-0.3, -0.25) is 23.7 Å². The van der Waals surface area contributed by atoms with E-state index < -0.39 is 48.6 Å². The summed E-state index contributed by atoms with van der Waals surface area (Å²) in [5.41, 5.74) is -4.83. The highest BCUT2D eigenvalue weighted by molar-refractivity contribution is 7.52. The third-order valence-electron chi connectivity index (χ3n) is 8.37. The summed E-state index contributed by atoms with van der Waals surface area (Å²) in [6.07, 6.45) is 1.33. The molecule has 0 spiro atoms. The lowest BCUT2D eigenvalue weighted by molar-refractivity contribution is -0.143. The molecule has 2 fully saturated rings. The molecule has 17 heteroatoms. The highest BCUT2D eigenvalue weighted by Gasteiger charge is 2.50. The van der Waals surface area contributed by atoms with Gasteiger partial charge in [-0.25, -0.2) is 0 Å². The van der Waals surface area contributed by atoms with Crippen LogP contribution in [0, 0.1) is 0 Å². The van der Waals surface area contributed by atoms with E-state index >= 15 is 0 Å². The summed E-state index contributed by atoms with van der Waals surface area (Å²) in [5, 5.41) is 5.68. The molecule has 0 radical (unpaired) electrons. The predicted molar refractivity (Wildman–Crippen MR) is 172 cm³/mol. The zero-order valence-corrected chi connectivity index (χ0v) is 27.8. The number of hydrogen-bond acceptors (Lipinski definition) is 8. The topological polar surface area (TPSA) is 175 Å². The first-order valence-electron chi connectivity index (χ1n) is 15.1. The van der Waals surface area contributed by atoms with E-state index in [9.17, 15) is 32.5 Å². The molecule has 3 aromatic rings. The molecule has 5 rings (SSSR count). The summed E-state index contributed by atoms with van der Waals surface area (Å²) in [6, 6.07) is 8.64. The Bertz CT molecular complexity index is 1750. The maximum absolute atomic E-state index is 14.3. The van der Waals surface area contributed by atoms with Gasteiger partial charge in [-0.15, -0.1) is 11.3 Å². The number of ether oxygens (including phenoxy) is 2. The predicted octanol–water partition coefficient (Wildman–Crippen LogP) is 3.50. The Balaban J connectivity index is 1.34. The van der Waals surface area contributed by atoms with Gasteiger partial charge < -0.3 is 39.7 Å². The highest BCUT2D eigenvalue weighted by atomic mass is 32.1. The van der Waals surface area contributed by atoms with Crippen molar-refractivity contribution in [3.63, 3.8) is 0 Å². The molecule has 2 aromatic carbocycles. The van der Waals surface area contributed by atoms with E-state index in [4.69, 9.17) is 19.3 Å². The van der Waals surface area contributed by atoms with Crippen LogP contribution in [-0.2, 0) is 29.3 Å². The second-order valence-corrected chi connectivity index (χ2v) is 14.3. The Labute approximate surface area is 278 Å². The lowest BCUT2D eigenvalue weighted by atomic mass is 10.1. The third-order valence-corrected chi connectivity index (χ3v) is 10.5. The maximum atomic E-state index is 14.3. The number of alkyl halides is 2. The van der Waals surface area contributed by atoms with Crippen LogP contribution < -0.4 is 15.4 Å². The first-order chi connectivity index (χ1) is 22.7. The molecule has 2 aliphatic heterocycles. The van der Waals surface area contributed by atoms with Gasteiger partial charge in [0.15, 0.2) is 0 Å². The summed E-state index contributed by atoms with van der Waals surface area (Å²) < 4.78 is 50.9. The Morgan fingerprint density at radius 2 is 1.79 bits per heavy atom. The quantitative estimate of drug-likeness (QED) is 0.182. The van der Waals surface area contributed by atoms with Crippen LogP contribution in [0.15, 0.2) is 48.5 Å². The van der Waals surface area contributed by atoms with E-state index in [2.05, 4.69) is 10.6 Å². The molecule has 13 nitrogen and oxygen atoms in total. The van der Waals surface area contributed by atoms with Crippen LogP contribution in [0.3, 0.4) is 0 Å². The number of nitrogens with zero attached hydrogens (tertiary/aromatic N) is 2. The van der Waals surface area contributed by atoms with Crippen LogP contribution in [0.1, 0.15) is 41.4 Å². The van der Waals surface area contributed by atoms with Gasteiger partial charge in [0, 0.05) is 49.1 Å². The van der Waals surface area contributed by atoms with Crippen LogP contribution in [0.25, 0.3) is 10.1 Å². The number of carbonyl (C=O) groups excluding carboxylic acids is 4. The van der Waals surface area contributed by atoms with Crippen molar-refractivity contribution in [2.45, 2.75) is 50.0 Å². The standard InChI is InChI=1S/C31H35F2N4O9PS/c1-18(38)36-12-11-22-6-9-25(28(39)34-21-4-7-23(8-5-21)46-14-13-45-2)37(22)30(41)24(17-36)35-29(40)27-16-19-15-20(3-10-26(19)48-27)31(32,33)47(42,43)44/h3-5,7-8,10,15-16,22,24-25H,6,9,11-14,17H2,1-2H3,(H,34,39)(H,35,40)(H2,42,43,44)/t22-,24?,25+/m1/s1. The lowest BCUT2D eigenvalue weighted by Gasteiger charge is -2.38. The molecule has 1 aromatic heterocycles. The number of thiophene rings is 1. The number of halogens is 2. The number of hydrogen-bond donors (Lipinski definition) is 4. The van der Waals surface area contributed by atoms with Gasteiger partial charge >= 0.3 is 13.3 Å². The average molecular weight is 709 g/mol. The minimum Gasteiger partial charge on any atom is -0.491 e. The van der Waals surface area contributed by atoms with Crippen molar-refractivity contribution in [2.75, 3.05) is 38.7 Å². The number of anilines is 1. The number of benzene rings is 2. The van der Waals surface area contributed by atoms with Crippen molar-refractivity contribution in [3.8, 4) is 5.75 Å². The zero-order chi connectivity index (χ0) is 34.8. The molecule has 4 N–H and O–H groups in total. The van der Waals surface area contributed by atoms with Crippen molar-refractivity contribution in [1.82, 2.24) is 15.1 Å². The summed E-state index contributed by atoms with van der Waals surface area (Å²) in [6.45, 7) is 2.30. The Kier molecular flexibility index (Phi) is 10.5. The Morgan fingerprint density at radius 1 is 1.06 bits per heavy atom. The van der Waals surface area contributed by atoms with Crippen LogP contribution in [0.2, 0.25) is 0 Å². The van der Waals surface area contributed by atoms with Crippen LogP contribution >= 0.6 is 18.9 Å². The average Bonchev–Trinajstić information content (AvgIpc) is 3.66.